The second-order valence-corrected chi connectivity index (χ2v) is 5.32. The molecule has 2 heterocycles. The molecule has 1 aromatic carbocycles. The number of rotatable bonds is 5. The first-order valence-corrected chi connectivity index (χ1v) is 7.88. The van der Waals surface area contributed by atoms with Crippen LogP contribution in [0, 0.1) is 0 Å². The lowest BCUT2D eigenvalue weighted by Crippen LogP contribution is -2.33. The highest BCUT2D eigenvalue weighted by molar-refractivity contribution is 5.84. The smallest absolute Gasteiger partial charge is 0.242 e. The Labute approximate surface area is 135 Å². The van der Waals surface area contributed by atoms with Crippen molar-refractivity contribution in [3.05, 3.63) is 48.8 Å². The Bertz CT molecular complexity index is 806. The quantitative estimate of drug-likeness (QED) is 0.728. The monoisotopic (exact) mass is 308 g/mol. The molecule has 5 heteroatoms. The van der Waals surface area contributed by atoms with E-state index in [1.54, 1.807) is 12.4 Å². The number of carbonyl (C=O) groups excluding carboxylic acids is 1. The first-order chi connectivity index (χ1) is 11.2. The molecule has 5 nitrogen and oxygen atoms in total. The summed E-state index contributed by atoms with van der Waals surface area (Å²) in [5, 5.41) is 0. The van der Waals surface area contributed by atoms with Crippen LogP contribution in [0.25, 0.3) is 22.4 Å². The summed E-state index contributed by atoms with van der Waals surface area (Å²) >= 11 is 0. The molecule has 0 aliphatic rings. The van der Waals surface area contributed by atoms with Crippen molar-refractivity contribution >= 4 is 16.9 Å². The van der Waals surface area contributed by atoms with Crippen LogP contribution in [0.15, 0.2) is 48.8 Å². The van der Waals surface area contributed by atoms with Crippen molar-refractivity contribution in [2.24, 2.45) is 0 Å². The molecule has 1 amide bonds. The molecule has 3 aromatic rings. The third-order valence-electron chi connectivity index (χ3n) is 3.98. The summed E-state index contributed by atoms with van der Waals surface area (Å²) in [6, 6.07) is 11.7. The summed E-state index contributed by atoms with van der Waals surface area (Å²) in [7, 11) is 0. The van der Waals surface area contributed by atoms with Gasteiger partial charge in [0.1, 0.15) is 12.4 Å². The number of pyridine rings is 1. The van der Waals surface area contributed by atoms with Crippen molar-refractivity contribution in [2.45, 2.75) is 20.4 Å². The molecule has 118 valence electrons. The molecule has 0 saturated carbocycles. The topological polar surface area (TPSA) is 51.0 Å². The third kappa shape index (κ3) is 2.95. The Hall–Kier alpha value is -2.69. The van der Waals surface area contributed by atoms with Crippen LogP contribution in [0.4, 0.5) is 0 Å². The standard InChI is InChI=1S/C18H20N4O/c1-3-21(4-2)17(23)13-22-16-10-6-5-9-15(16)20-18(22)14-8-7-11-19-12-14/h5-12H,3-4,13H2,1-2H3. The van der Waals surface area contributed by atoms with Crippen LogP contribution in [0.3, 0.4) is 0 Å². The van der Waals surface area contributed by atoms with Crippen LogP contribution < -0.4 is 0 Å². The van der Waals surface area contributed by atoms with Gasteiger partial charge < -0.3 is 9.47 Å². The van der Waals surface area contributed by atoms with E-state index in [1.165, 1.54) is 0 Å². The predicted octanol–water partition coefficient (Wildman–Crippen LogP) is 2.97. The van der Waals surface area contributed by atoms with Gasteiger partial charge in [-0.05, 0) is 38.1 Å². The molecule has 0 fully saturated rings. The fraction of sp³-hybridized carbons (Fsp3) is 0.278. The van der Waals surface area contributed by atoms with E-state index in [2.05, 4.69) is 4.98 Å². The average Bonchev–Trinajstić information content (AvgIpc) is 2.95. The zero-order valence-electron chi connectivity index (χ0n) is 13.4. The largest absolute Gasteiger partial charge is 0.342 e. The lowest BCUT2D eigenvalue weighted by Gasteiger charge is -2.19. The molecule has 0 bridgehead atoms. The summed E-state index contributed by atoms with van der Waals surface area (Å²) in [6.07, 6.45) is 3.51. The SMILES string of the molecule is CCN(CC)C(=O)Cn1c(-c2cccnc2)nc2ccccc21. The van der Waals surface area contributed by atoms with E-state index in [1.807, 2.05) is 59.7 Å². The molecule has 0 saturated heterocycles. The number of hydrogen-bond donors (Lipinski definition) is 0. The van der Waals surface area contributed by atoms with Gasteiger partial charge in [0.15, 0.2) is 0 Å². The molecular formula is C18H20N4O. The minimum absolute atomic E-state index is 0.100. The lowest BCUT2D eigenvalue weighted by atomic mass is 10.2. The van der Waals surface area contributed by atoms with Gasteiger partial charge in [-0.1, -0.05) is 12.1 Å². The fourth-order valence-electron chi connectivity index (χ4n) is 2.76. The Morgan fingerprint density at radius 3 is 2.61 bits per heavy atom. The highest BCUT2D eigenvalue weighted by Gasteiger charge is 2.17. The van der Waals surface area contributed by atoms with Crippen molar-refractivity contribution < 1.29 is 4.79 Å². The van der Waals surface area contributed by atoms with Gasteiger partial charge in [0.2, 0.25) is 5.91 Å². The third-order valence-corrected chi connectivity index (χ3v) is 3.98. The molecule has 0 radical (unpaired) electrons. The van der Waals surface area contributed by atoms with Gasteiger partial charge in [-0.2, -0.15) is 0 Å². The highest BCUT2D eigenvalue weighted by Crippen LogP contribution is 2.24. The van der Waals surface area contributed by atoms with Crippen molar-refractivity contribution in [1.82, 2.24) is 19.4 Å². The van der Waals surface area contributed by atoms with Gasteiger partial charge in [0.05, 0.1) is 11.0 Å². The van der Waals surface area contributed by atoms with E-state index in [9.17, 15) is 4.79 Å². The first kappa shape index (κ1) is 15.2. The number of hydrogen-bond acceptors (Lipinski definition) is 3. The number of nitrogens with zero attached hydrogens (tertiary/aromatic N) is 4. The van der Waals surface area contributed by atoms with Crippen molar-refractivity contribution in [3.8, 4) is 11.4 Å². The first-order valence-electron chi connectivity index (χ1n) is 7.88. The van der Waals surface area contributed by atoms with Crippen molar-refractivity contribution in [2.75, 3.05) is 13.1 Å². The Morgan fingerprint density at radius 1 is 1.13 bits per heavy atom. The lowest BCUT2D eigenvalue weighted by molar-refractivity contribution is -0.131. The molecule has 23 heavy (non-hydrogen) atoms. The second-order valence-electron chi connectivity index (χ2n) is 5.32. The molecule has 0 atom stereocenters. The molecular weight excluding hydrogens is 288 g/mol. The van der Waals surface area contributed by atoms with Crippen LogP contribution in [0.2, 0.25) is 0 Å². The number of aromatic nitrogens is 3. The Morgan fingerprint density at radius 2 is 1.91 bits per heavy atom. The summed E-state index contributed by atoms with van der Waals surface area (Å²) in [6.45, 7) is 5.70. The Kier molecular flexibility index (Phi) is 4.37. The van der Waals surface area contributed by atoms with Crippen LogP contribution in [0.1, 0.15) is 13.8 Å². The number of imidazole rings is 1. The van der Waals surface area contributed by atoms with Gasteiger partial charge in [-0.3, -0.25) is 9.78 Å². The Balaban J connectivity index is 2.08. The number of likely N-dealkylation sites (N-methyl/N-ethyl adjacent to an activating group) is 1. The van der Waals surface area contributed by atoms with E-state index in [-0.39, 0.29) is 12.5 Å². The number of para-hydroxylation sites is 2. The van der Waals surface area contributed by atoms with Crippen LogP contribution in [-0.4, -0.2) is 38.4 Å². The molecule has 0 aliphatic heterocycles. The zero-order valence-corrected chi connectivity index (χ0v) is 13.4. The maximum atomic E-state index is 12.6. The van der Waals surface area contributed by atoms with Gasteiger partial charge >= 0.3 is 0 Å². The number of amides is 1. The van der Waals surface area contributed by atoms with E-state index in [0.29, 0.717) is 13.1 Å². The van der Waals surface area contributed by atoms with Crippen molar-refractivity contribution in [1.29, 1.82) is 0 Å². The van der Waals surface area contributed by atoms with E-state index in [4.69, 9.17) is 4.98 Å². The fourth-order valence-corrected chi connectivity index (χ4v) is 2.76. The van der Waals surface area contributed by atoms with Gasteiger partial charge in [-0.25, -0.2) is 4.98 Å². The number of benzene rings is 1. The molecule has 2 aromatic heterocycles. The summed E-state index contributed by atoms with van der Waals surface area (Å²) in [5.41, 5.74) is 2.77. The summed E-state index contributed by atoms with van der Waals surface area (Å²) in [4.78, 5) is 23.3. The van der Waals surface area contributed by atoms with Crippen LogP contribution in [0.5, 0.6) is 0 Å². The van der Waals surface area contributed by atoms with Gasteiger partial charge in [0, 0.05) is 31.0 Å². The molecule has 0 unspecified atom stereocenters. The number of fused-ring (bicyclic) bond motifs is 1. The van der Waals surface area contributed by atoms with E-state index < -0.39 is 0 Å². The minimum atomic E-state index is 0.100. The molecule has 0 spiro atoms. The maximum Gasteiger partial charge on any atom is 0.242 e. The second kappa shape index (κ2) is 6.60. The van der Waals surface area contributed by atoms with E-state index >= 15 is 0 Å². The average molecular weight is 308 g/mol. The molecule has 3 rings (SSSR count). The predicted molar refractivity (Wildman–Crippen MR) is 90.9 cm³/mol. The van der Waals surface area contributed by atoms with Crippen LogP contribution >= 0.6 is 0 Å². The zero-order chi connectivity index (χ0) is 16.2. The maximum absolute atomic E-state index is 12.6. The molecule has 0 N–H and O–H groups in total. The minimum Gasteiger partial charge on any atom is -0.342 e. The number of carbonyl (C=O) groups is 1. The van der Waals surface area contributed by atoms with E-state index in [0.717, 1.165) is 22.4 Å². The summed E-state index contributed by atoms with van der Waals surface area (Å²) < 4.78 is 1.98. The summed E-state index contributed by atoms with van der Waals surface area (Å²) in [5.74, 6) is 0.878. The van der Waals surface area contributed by atoms with Crippen LogP contribution in [-0.2, 0) is 11.3 Å². The van der Waals surface area contributed by atoms with Gasteiger partial charge in [-0.15, -0.1) is 0 Å². The molecule has 0 aliphatic carbocycles. The highest BCUT2D eigenvalue weighted by atomic mass is 16.2. The van der Waals surface area contributed by atoms with Crippen molar-refractivity contribution in [3.63, 3.8) is 0 Å². The van der Waals surface area contributed by atoms with Gasteiger partial charge in [0.25, 0.3) is 0 Å². The normalized spacial score (nSPS) is 10.9.